The van der Waals surface area contributed by atoms with Crippen molar-refractivity contribution in [2.24, 2.45) is 0 Å². The summed E-state index contributed by atoms with van der Waals surface area (Å²) in [5.41, 5.74) is 4.44. The van der Waals surface area contributed by atoms with Gasteiger partial charge in [-0.05, 0) is 48.7 Å². The number of carbonyl (C=O) groups is 1. The zero-order chi connectivity index (χ0) is 17.7. The van der Waals surface area contributed by atoms with E-state index in [-0.39, 0.29) is 10.6 Å². The predicted molar refractivity (Wildman–Crippen MR) is 91.3 cm³/mol. The summed E-state index contributed by atoms with van der Waals surface area (Å²) in [5, 5.41) is 0. The van der Waals surface area contributed by atoms with Crippen LogP contribution < -0.4 is 15.0 Å². The first-order chi connectivity index (χ1) is 11.4. The smallest absolute Gasteiger partial charge is 0.266 e. The fourth-order valence-electron chi connectivity index (χ4n) is 2.13. The molecule has 2 N–H and O–H groups in total. The molecule has 0 aliphatic heterocycles. The minimum Gasteiger partial charge on any atom is -0.495 e. The van der Waals surface area contributed by atoms with E-state index in [1.54, 1.807) is 31.2 Å². The van der Waals surface area contributed by atoms with Gasteiger partial charge in [-0.2, -0.15) is 0 Å². The molecule has 0 saturated carbocycles. The van der Waals surface area contributed by atoms with Gasteiger partial charge in [0.2, 0.25) is 0 Å². The Morgan fingerprint density at radius 1 is 1.12 bits per heavy atom. The summed E-state index contributed by atoms with van der Waals surface area (Å²) < 4.78 is 29.9. The van der Waals surface area contributed by atoms with Crippen LogP contribution in [-0.4, -0.2) is 21.4 Å². The van der Waals surface area contributed by atoms with Gasteiger partial charge in [0.05, 0.1) is 7.11 Å². The average molecular weight is 348 g/mol. The number of rotatable bonds is 6. The Hall–Kier alpha value is -2.38. The van der Waals surface area contributed by atoms with Crippen LogP contribution in [0.25, 0.3) is 0 Å². The lowest BCUT2D eigenvalue weighted by molar-refractivity contribution is 0.0945. The number of sulfonamides is 1. The molecule has 2 aromatic carbocycles. The number of methoxy groups -OCH3 is 1. The largest absolute Gasteiger partial charge is 0.495 e. The van der Waals surface area contributed by atoms with Crippen molar-refractivity contribution in [1.82, 2.24) is 10.3 Å². The molecule has 0 aromatic heterocycles. The molecule has 0 bridgehead atoms. The first-order valence-electron chi connectivity index (χ1n) is 7.43. The Balaban J connectivity index is 2.15. The normalized spacial score (nSPS) is 11.1. The highest BCUT2D eigenvalue weighted by Gasteiger charge is 2.20. The van der Waals surface area contributed by atoms with Gasteiger partial charge in [0.15, 0.2) is 0 Å². The van der Waals surface area contributed by atoms with Crippen LogP contribution >= 0.6 is 0 Å². The topological polar surface area (TPSA) is 84.5 Å². The van der Waals surface area contributed by atoms with Crippen LogP contribution in [0, 0.1) is 6.92 Å². The average Bonchev–Trinajstić information content (AvgIpc) is 2.59. The summed E-state index contributed by atoms with van der Waals surface area (Å²) in [4.78, 5) is 14.1. The standard InChI is InChI=1S/C17H20N2O4S/c1-4-13-6-8-14(9-7-13)17(20)18-19-24(21,22)16-11-12(2)5-10-15(16)23-3/h5-11,19H,4H2,1-3H3,(H,18,20). The third kappa shape index (κ3) is 4.12. The highest BCUT2D eigenvalue weighted by atomic mass is 32.2. The van der Waals surface area contributed by atoms with E-state index in [2.05, 4.69) is 10.3 Å². The second kappa shape index (κ2) is 7.46. The fourth-order valence-corrected chi connectivity index (χ4v) is 3.22. The summed E-state index contributed by atoms with van der Waals surface area (Å²) in [6.45, 7) is 3.78. The third-order valence-corrected chi connectivity index (χ3v) is 4.80. The van der Waals surface area contributed by atoms with Crippen molar-refractivity contribution in [1.29, 1.82) is 0 Å². The van der Waals surface area contributed by atoms with Crippen molar-refractivity contribution in [3.8, 4) is 5.75 Å². The van der Waals surface area contributed by atoms with Crippen LogP contribution in [0.3, 0.4) is 0 Å². The van der Waals surface area contributed by atoms with Crippen LogP contribution in [-0.2, 0) is 16.4 Å². The van der Waals surface area contributed by atoms with E-state index in [1.807, 2.05) is 19.1 Å². The van der Waals surface area contributed by atoms with Crippen LogP contribution in [0.15, 0.2) is 47.4 Å². The van der Waals surface area contributed by atoms with Gasteiger partial charge >= 0.3 is 0 Å². The van der Waals surface area contributed by atoms with Crippen molar-refractivity contribution in [2.75, 3.05) is 7.11 Å². The molecule has 24 heavy (non-hydrogen) atoms. The molecule has 128 valence electrons. The second-order valence-corrected chi connectivity index (χ2v) is 6.92. The molecule has 7 heteroatoms. The molecule has 0 saturated heterocycles. The zero-order valence-electron chi connectivity index (χ0n) is 13.8. The number of hydrogen-bond acceptors (Lipinski definition) is 4. The lowest BCUT2D eigenvalue weighted by Gasteiger charge is -2.12. The third-order valence-electron chi connectivity index (χ3n) is 3.53. The van der Waals surface area contributed by atoms with E-state index in [0.29, 0.717) is 5.56 Å². The summed E-state index contributed by atoms with van der Waals surface area (Å²) in [6, 6.07) is 11.7. The van der Waals surface area contributed by atoms with Crippen molar-refractivity contribution >= 4 is 15.9 Å². The SMILES string of the molecule is CCc1ccc(C(=O)NNS(=O)(=O)c2cc(C)ccc2OC)cc1. The molecule has 6 nitrogen and oxygen atoms in total. The number of carbonyl (C=O) groups excluding carboxylic acids is 1. The molecule has 1 amide bonds. The number of hydrazine groups is 1. The molecule has 0 radical (unpaired) electrons. The fraction of sp³-hybridized carbons (Fsp3) is 0.235. The van der Waals surface area contributed by atoms with E-state index in [9.17, 15) is 13.2 Å². The Kier molecular flexibility index (Phi) is 5.58. The van der Waals surface area contributed by atoms with E-state index < -0.39 is 15.9 Å². The number of amides is 1. The van der Waals surface area contributed by atoms with Gasteiger partial charge in [-0.3, -0.25) is 10.2 Å². The Morgan fingerprint density at radius 2 is 1.79 bits per heavy atom. The van der Waals surface area contributed by atoms with E-state index >= 15 is 0 Å². The Bertz CT molecular complexity index is 830. The second-order valence-electron chi connectivity index (χ2n) is 5.26. The molecule has 0 spiro atoms. The molecular formula is C17H20N2O4S. The first-order valence-corrected chi connectivity index (χ1v) is 8.91. The molecule has 0 fully saturated rings. The molecule has 2 rings (SSSR count). The Morgan fingerprint density at radius 3 is 2.38 bits per heavy atom. The number of benzene rings is 2. The van der Waals surface area contributed by atoms with Gasteiger partial charge in [-0.25, -0.2) is 8.42 Å². The minimum atomic E-state index is -3.95. The molecule has 0 unspecified atom stereocenters. The van der Waals surface area contributed by atoms with Crippen molar-refractivity contribution < 1.29 is 17.9 Å². The lowest BCUT2D eigenvalue weighted by Crippen LogP contribution is -2.41. The van der Waals surface area contributed by atoms with Crippen molar-refractivity contribution in [3.63, 3.8) is 0 Å². The molecule has 0 heterocycles. The molecule has 2 aromatic rings. The maximum atomic E-state index is 12.4. The van der Waals surface area contributed by atoms with Crippen LogP contribution in [0.4, 0.5) is 0 Å². The summed E-state index contributed by atoms with van der Waals surface area (Å²) in [5.74, 6) is -0.331. The maximum Gasteiger partial charge on any atom is 0.266 e. The van der Waals surface area contributed by atoms with Crippen molar-refractivity contribution in [2.45, 2.75) is 25.2 Å². The van der Waals surface area contributed by atoms with E-state index in [1.165, 1.54) is 13.2 Å². The molecule has 0 aliphatic carbocycles. The van der Waals surface area contributed by atoms with Gasteiger partial charge in [-0.1, -0.05) is 25.1 Å². The Labute approximate surface area is 141 Å². The van der Waals surface area contributed by atoms with Crippen LogP contribution in [0.2, 0.25) is 0 Å². The zero-order valence-corrected chi connectivity index (χ0v) is 14.6. The van der Waals surface area contributed by atoms with Crippen LogP contribution in [0.5, 0.6) is 5.75 Å². The summed E-state index contributed by atoms with van der Waals surface area (Å²) in [7, 11) is -2.56. The molecule has 0 atom stereocenters. The predicted octanol–water partition coefficient (Wildman–Crippen LogP) is 2.19. The van der Waals surface area contributed by atoms with Crippen molar-refractivity contribution in [3.05, 3.63) is 59.2 Å². The number of aryl methyl sites for hydroxylation is 2. The monoisotopic (exact) mass is 348 g/mol. The lowest BCUT2D eigenvalue weighted by atomic mass is 10.1. The minimum absolute atomic E-state index is 0.0355. The molecular weight excluding hydrogens is 328 g/mol. The van der Waals surface area contributed by atoms with Gasteiger partial charge in [-0.15, -0.1) is 4.83 Å². The van der Waals surface area contributed by atoms with Crippen LogP contribution in [0.1, 0.15) is 28.4 Å². The van der Waals surface area contributed by atoms with E-state index in [4.69, 9.17) is 4.74 Å². The highest BCUT2D eigenvalue weighted by Crippen LogP contribution is 2.24. The summed E-state index contributed by atoms with van der Waals surface area (Å²) in [6.07, 6.45) is 0.863. The highest BCUT2D eigenvalue weighted by molar-refractivity contribution is 7.89. The number of nitrogens with one attached hydrogen (secondary N) is 2. The van der Waals surface area contributed by atoms with Gasteiger partial charge in [0.25, 0.3) is 15.9 Å². The van der Waals surface area contributed by atoms with Gasteiger partial charge in [0, 0.05) is 5.56 Å². The first kappa shape index (κ1) is 18.0. The van der Waals surface area contributed by atoms with E-state index in [0.717, 1.165) is 17.5 Å². The maximum absolute atomic E-state index is 12.4. The number of ether oxygens (including phenoxy) is 1. The summed E-state index contributed by atoms with van der Waals surface area (Å²) >= 11 is 0. The number of hydrogen-bond donors (Lipinski definition) is 2. The molecule has 0 aliphatic rings. The van der Waals surface area contributed by atoms with Gasteiger partial charge < -0.3 is 4.74 Å². The van der Waals surface area contributed by atoms with Gasteiger partial charge in [0.1, 0.15) is 10.6 Å². The quantitative estimate of drug-likeness (QED) is 0.784.